The predicted octanol–water partition coefficient (Wildman–Crippen LogP) is 4.72. The first-order valence-corrected chi connectivity index (χ1v) is 12.3. The molecule has 0 saturated carbocycles. The Bertz CT molecular complexity index is 1620. The molecule has 0 radical (unpaired) electrons. The Balaban J connectivity index is 1.56. The Morgan fingerprint density at radius 3 is 2.64 bits per heavy atom. The summed E-state index contributed by atoms with van der Waals surface area (Å²) >= 11 is 0. The van der Waals surface area contributed by atoms with Crippen molar-refractivity contribution in [2.24, 2.45) is 0 Å². The van der Waals surface area contributed by atoms with Gasteiger partial charge in [-0.2, -0.15) is 0 Å². The molecule has 6 rings (SSSR count). The van der Waals surface area contributed by atoms with Crippen LogP contribution in [-0.2, 0) is 13.0 Å². The van der Waals surface area contributed by atoms with Gasteiger partial charge in [-0.05, 0) is 77.4 Å². The number of benzene rings is 3. The number of aryl methyl sites for hydroxylation is 2. The number of aromatic amines is 1. The summed E-state index contributed by atoms with van der Waals surface area (Å²) in [5.41, 5.74) is 7.10. The van der Waals surface area contributed by atoms with Gasteiger partial charge in [0.05, 0.1) is 12.1 Å². The summed E-state index contributed by atoms with van der Waals surface area (Å²) in [6.07, 6.45) is 0.900. The van der Waals surface area contributed by atoms with E-state index in [1.807, 2.05) is 41.9 Å². The lowest BCUT2D eigenvalue weighted by Gasteiger charge is -2.33. The van der Waals surface area contributed by atoms with Gasteiger partial charge in [0.1, 0.15) is 6.04 Å². The Hall–Kier alpha value is -4.26. The van der Waals surface area contributed by atoms with Gasteiger partial charge in [0.25, 0.3) is 5.56 Å². The number of rotatable bonds is 5. The van der Waals surface area contributed by atoms with Gasteiger partial charge < -0.3 is 9.88 Å². The zero-order chi connectivity index (χ0) is 24.8. The summed E-state index contributed by atoms with van der Waals surface area (Å²) in [6.45, 7) is 6.82. The molecule has 0 saturated heterocycles. The molecule has 0 amide bonds. The average molecular weight is 477 g/mol. The summed E-state index contributed by atoms with van der Waals surface area (Å²) < 4.78 is 1.82. The summed E-state index contributed by atoms with van der Waals surface area (Å²) in [5.74, 6) is 0.649. The number of pyridine rings is 1. The number of anilines is 1. The molecule has 0 unspecified atom stereocenters. The first kappa shape index (κ1) is 22.2. The lowest BCUT2D eigenvalue weighted by Crippen LogP contribution is -2.39. The molecule has 0 fully saturated rings. The Morgan fingerprint density at radius 2 is 1.81 bits per heavy atom. The minimum absolute atomic E-state index is 0.118. The van der Waals surface area contributed by atoms with Gasteiger partial charge in [-0.25, -0.2) is 4.68 Å². The van der Waals surface area contributed by atoms with Crippen LogP contribution < -0.4 is 10.5 Å². The van der Waals surface area contributed by atoms with Crippen molar-refractivity contribution in [2.45, 2.75) is 45.8 Å². The molecule has 3 heterocycles. The maximum atomic E-state index is 13.7. The molecular formula is C29H28N6O. The second-order valence-corrected chi connectivity index (χ2v) is 9.70. The summed E-state index contributed by atoms with van der Waals surface area (Å²) in [7, 11) is 0. The van der Waals surface area contributed by atoms with E-state index in [1.165, 1.54) is 5.56 Å². The molecule has 0 spiro atoms. The van der Waals surface area contributed by atoms with E-state index in [2.05, 4.69) is 81.7 Å². The van der Waals surface area contributed by atoms with E-state index in [0.717, 1.165) is 39.7 Å². The fraction of sp³-hybridized carbons (Fsp3) is 0.241. The van der Waals surface area contributed by atoms with Gasteiger partial charge in [0, 0.05) is 17.3 Å². The van der Waals surface area contributed by atoms with Crippen LogP contribution in [0.3, 0.4) is 0 Å². The molecule has 1 aliphatic rings. The Kier molecular flexibility index (Phi) is 5.40. The van der Waals surface area contributed by atoms with Crippen LogP contribution in [-0.4, -0.2) is 31.2 Å². The van der Waals surface area contributed by atoms with E-state index in [0.29, 0.717) is 17.9 Å². The number of nitrogens with zero attached hydrogens (tertiary/aromatic N) is 5. The first-order chi connectivity index (χ1) is 17.5. The zero-order valence-corrected chi connectivity index (χ0v) is 20.6. The Labute approximate surface area is 209 Å². The number of hydrogen-bond donors (Lipinski definition) is 1. The highest BCUT2D eigenvalue weighted by atomic mass is 16.1. The lowest BCUT2D eigenvalue weighted by molar-refractivity contribution is 0.544. The molecule has 2 aromatic heterocycles. The molecule has 2 atom stereocenters. The van der Waals surface area contributed by atoms with E-state index in [-0.39, 0.29) is 11.6 Å². The van der Waals surface area contributed by atoms with Crippen molar-refractivity contribution in [3.63, 3.8) is 0 Å². The van der Waals surface area contributed by atoms with Gasteiger partial charge in [-0.3, -0.25) is 4.79 Å². The van der Waals surface area contributed by atoms with Gasteiger partial charge in [0.15, 0.2) is 5.82 Å². The predicted molar refractivity (Wildman–Crippen MR) is 141 cm³/mol. The smallest absolute Gasteiger partial charge is 0.254 e. The fourth-order valence-corrected chi connectivity index (χ4v) is 5.42. The highest BCUT2D eigenvalue weighted by Gasteiger charge is 2.37. The maximum Gasteiger partial charge on any atom is 0.254 e. The minimum Gasteiger partial charge on any atom is -0.354 e. The molecule has 36 heavy (non-hydrogen) atoms. The lowest BCUT2D eigenvalue weighted by atomic mass is 9.99. The molecule has 7 heteroatoms. The van der Waals surface area contributed by atoms with Crippen molar-refractivity contribution in [3.8, 4) is 0 Å². The van der Waals surface area contributed by atoms with Crippen molar-refractivity contribution in [1.82, 2.24) is 25.2 Å². The molecule has 1 aliphatic heterocycles. The third-order valence-corrected chi connectivity index (χ3v) is 7.39. The molecule has 0 aliphatic carbocycles. The summed E-state index contributed by atoms with van der Waals surface area (Å²) in [6, 6.07) is 24.4. The van der Waals surface area contributed by atoms with Crippen LogP contribution in [0.25, 0.3) is 10.9 Å². The summed E-state index contributed by atoms with van der Waals surface area (Å²) in [4.78, 5) is 19.2. The van der Waals surface area contributed by atoms with E-state index in [1.54, 1.807) is 0 Å². The van der Waals surface area contributed by atoms with Crippen molar-refractivity contribution >= 4 is 16.6 Å². The van der Waals surface area contributed by atoms with Crippen LogP contribution in [0.2, 0.25) is 0 Å². The van der Waals surface area contributed by atoms with E-state index in [4.69, 9.17) is 0 Å². The van der Waals surface area contributed by atoms with Crippen LogP contribution in [0.4, 0.5) is 5.69 Å². The molecule has 7 nitrogen and oxygen atoms in total. The molecule has 180 valence electrons. The molecule has 1 N–H and O–H groups in total. The topological polar surface area (TPSA) is 79.7 Å². The van der Waals surface area contributed by atoms with Gasteiger partial charge in [-0.1, -0.05) is 60.7 Å². The standard InChI is InChI=1S/C29H28N6O/c1-18-13-14-23-16-24(29(36)30-26(23)20(18)3)27(35-19(2)15-22-11-7-8-12-25(22)35)28-31-32-33-34(28)17-21-9-5-4-6-10-21/h4-14,16,19,27H,15,17H2,1-3H3,(H,30,36)/t19-,27+/m0/s1. The van der Waals surface area contributed by atoms with Crippen LogP contribution in [0.5, 0.6) is 0 Å². The third kappa shape index (κ3) is 3.68. The average Bonchev–Trinajstić information content (AvgIpc) is 3.47. The molecule has 3 aromatic carbocycles. The largest absolute Gasteiger partial charge is 0.354 e. The quantitative estimate of drug-likeness (QED) is 0.397. The SMILES string of the molecule is Cc1ccc2cc([C@H](c3nnnn3Cc3ccccc3)N3c4ccccc4C[C@@H]3C)c(=O)[nH]c2c1C. The van der Waals surface area contributed by atoms with Gasteiger partial charge in [-0.15, -0.1) is 5.10 Å². The fourth-order valence-electron chi connectivity index (χ4n) is 5.42. The number of fused-ring (bicyclic) bond motifs is 2. The molecular weight excluding hydrogens is 448 g/mol. The highest BCUT2D eigenvalue weighted by molar-refractivity contribution is 5.83. The van der Waals surface area contributed by atoms with Crippen LogP contribution in [0.15, 0.2) is 77.6 Å². The van der Waals surface area contributed by atoms with Crippen molar-refractivity contribution in [2.75, 3.05) is 4.90 Å². The maximum absolute atomic E-state index is 13.7. The number of aromatic nitrogens is 5. The number of tetrazole rings is 1. The van der Waals surface area contributed by atoms with E-state index in [9.17, 15) is 4.79 Å². The van der Waals surface area contributed by atoms with E-state index < -0.39 is 6.04 Å². The highest BCUT2D eigenvalue weighted by Crippen LogP contribution is 2.40. The van der Waals surface area contributed by atoms with Crippen molar-refractivity contribution in [1.29, 1.82) is 0 Å². The second-order valence-electron chi connectivity index (χ2n) is 9.70. The van der Waals surface area contributed by atoms with Crippen molar-refractivity contribution in [3.05, 3.63) is 117 Å². The second kappa shape index (κ2) is 8.75. The number of nitrogens with one attached hydrogen (secondary N) is 1. The summed E-state index contributed by atoms with van der Waals surface area (Å²) in [5, 5.41) is 13.9. The van der Waals surface area contributed by atoms with Crippen molar-refractivity contribution < 1.29 is 0 Å². The first-order valence-electron chi connectivity index (χ1n) is 12.3. The Morgan fingerprint density at radius 1 is 1.03 bits per heavy atom. The monoisotopic (exact) mass is 476 g/mol. The van der Waals surface area contributed by atoms with Crippen LogP contribution in [0, 0.1) is 13.8 Å². The molecule has 0 bridgehead atoms. The van der Waals surface area contributed by atoms with E-state index >= 15 is 0 Å². The van der Waals surface area contributed by atoms with Gasteiger partial charge >= 0.3 is 0 Å². The zero-order valence-electron chi connectivity index (χ0n) is 20.6. The number of H-pyrrole nitrogens is 1. The van der Waals surface area contributed by atoms with Crippen LogP contribution in [0.1, 0.15) is 46.6 Å². The van der Waals surface area contributed by atoms with Gasteiger partial charge in [0.2, 0.25) is 0 Å². The number of para-hydroxylation sites is 1. The number of hydrogen-bond acceptors (Lipinski definition) is 5. The third-order valence-electron chi connectivity index (χ3n) is 7.39. The normalized spacial score (nSPS) is 15.9. The minimum atomic E-state index is -0.447. The molecule has 5 aromatic rings. The van der Waals surface area contributed by atoms with Crippen LogP contribution >= 0.6 is 0 Å².